The number of rotatable bonds is 17. The Bertz CT molecular complexity index is 2580. The Hall–Kier alpha value is -7.53. The molecule has 2 aliphatic heterocycles. The highest BCUT2D eigenvalue weighted by molar-refractivity contribution is 5.92. The zero-order valence-electron chi connectivity index (χ0n) is 36.3. The van der Waals surface area contributed by atoms with Crippen LogP contribution in [0.15, 0.2) is 182 Å². The molecule has 0 amide bonds. The third kappa shape index (κ3) is 11.9. The molecule has 0 spiro atoms. The Morgan fingerprint density at radius 2 is 0.735 bits per heavy atom. The summed E-state index contributed by atoms with van der Waals surface area (Å²) in [5.41, 5.74) is 1.59. The zero-order valence-corrected chi connectivity index (χ0v) is 36.3. The van der Waals surface area contributed by atoms with E-state index in [4.69, 9.17) is 42.6 Å². The molecular formula is C53H46O15. The van der Waals surface area contributed by atoms with E-state index in [1.807, 2.05) is 30.3 Å². The molecule has 1 N–H and O–H groups in total. The van der Waals surface area contributed by atoms with Gasteiger partial charge in [0.05, 0.1) is 41.0 Å². The van der Waals surface area contributed by atoms with Crippen molar-refractivity contribution in [2.45, 2.75) is 61.9 Å². The summed E-state index contributed by atoms with van der Waals surface area (Å²) in [5, 5.41) is 11.7. The maximum absolute atomic E-state index is 13.9. The van der Waals surface area contributed by atoms with Crippen molar-refractivity contribution < 1.29 is 71.7 Å². The van der Waals surface area contributed by atoms with Gasteiger partial charge in [0, 0.05) is 0 Å². The van der Waals surface area contributed by atoms with Crippen molar-refractivity contribution in [1.82, 2.24) is 0 Å². The van der Waals surface area contributed by atoms with E-state index in [0.717, 1.165) is 5.56 Å². The number of ether oxygens (including phenoxy) is 9. The Balaban J connectivity index is 1.12. The highest BCUT2D eigenvalue weighted by atomic mass is 16.7. The van der Waals surface area contributed by atoms with E-state index in [1.165, 1.54) is 36.4 Å². The molecule has 15 nitrogen and oxygen atoms in total. The van der Waals surface area contributed by atoms with Crippen molar-refractivity contribution in [3.05, 3.63) is 215 Å². The fourth-order valence-corrected chi connectivity index (χ4v) is 7.54. The molecule has 0 saturated carbocycles. The topological polar surface area (TPSA) is 189 Å². The molecule has 15 heteroatoms. The van der Waals surface area contributed by atoms with Crippen LogP contribution in [0.1, 0.15) is 57.4 Å². The number of aliphatic hydroxyl groups excluding tert-OH is 1. The Labute approximate surface area is 391 Å². The molecule has 0 radical (unpaired) electrons. The highest BCUT2D eigenvalue weighted by Gasteiger charge is 2.54. The van der Waals surface area contributed by atoms with Gasteiger partial charge in [-0.1, -0.05) is 121 Å². The number of carbonyl (C=O) groups excluding carboxylic acids is 5. The molecule has 6 aromatic rings. The molecule has 9 atom stereocenters. The van der Waals surface area contributed by atoms with Gasteiger partial charge in [-0.2, -0.15) is 0 Å². The minimum absolute atomic E-state index is 0.00737. The third-order valence-corrected chi connectivity index (χ3v) is 11.0. The average molecular weight is 923 g/mol. The molecule has 0 aromatic heterocycles. The Kier molecular flexibility index (Phi) is 15.7. The monoisotopic (exact) mass is 922 g/mol. The second-order valence-electron chi connectivity index (χ2n) is 15.6. The summed E-state index contributed by atoms with van der Waals surface area (Å²) in [6, 6.07) is 49.5. The van der Waals surface area contributed by atoms with Gasteiger partial charge in [0.2, 0.25) is 0 Å². The lowest BCUT2D eigenvalue weighted by atomic mass is 9.97. The van der Waals surface area contributed by atoms with E-state index >= 15 is 0 Å². The summed E-state index contributed by atoms with van der Waals surface area (Å²) >= 11 is 0. The van der Waals surface area contributed by atoms with Gasteiger partial charge in [-0.15, -0.1) is 0 Å². The molecule has 0 bridgehead atoms. The lowest BCUT2D eigenvalue weighted by Gasteiger charge is -2.43. The first-order valence-electron chi connectivity index (χ1n) is 21.7. The van der Waals surface area contributed by atoms with E-state index < -0.39 is 98.4 Å². The fourth-order valence-electron chi connectivity index (χ4n) is 7.54. The number of benzene rings is 6. The van der Waals surface area contributed by atoms with Crippen LogP contribution >= 0.6 is 0 Å². The van der Waals surface area contributed by atoms with Gasteiger partial charge in [-0.3, -0.25) is 0 Å². The molecule has 0 aliphatic carbocycles. The standard InChI is InChI=1S/C53H46O15/c54-47(35-21-9-2-10-22-35)61-32-41-43(66-49(56)37-25-13-4-14-26-37)46(60-31-34-19-7-1-8-20-34)53(64-41)62-33-40-42(65-48(55)36-23-11-3-12-24-36)44(67-50(57)38-27-15-5-16-28-38)45(52(59)63-40)68-51(58)39-29-17-6-18-30-39/h1-30,40-46,52-53,59H,31-33H2/t40-,41-,42-,43-,44+,45+,46+,52+,53-/m1/s1. The zero-order chi connectivity index (χ0) is 47.2. The van der Waals surface area contributed by atoms with Crippen molar-refractivity contribution in [2.75, 3.05) is 13.2 Å². The Morgan fingerprint density at radius 1 is 0.382 bits per heavy atom. The lowest BCUT2D eigenvalue weighted by Crippen LogP contribution is -2.62. The predicted octanol–water partition coefficient (Wildman–Crippen LogP) is 6.79. The molecular weight excluding hydrogens is 877 g/mol. The van der Waals surface area contributed by atoms with E-state index in [-0.39, 0.29) is 34.4 Å². The van der Waals surface area contributed by atoms with Crippen molar-refractivity contribution in [1.29, 1.82) is 0 Å². The second kappa shape index (κ2) is 22.8. The van der Waals surface area contributed by atoms with Gasteiger partial charge in [0.1, 0.15) is 24.9 Å². The van der Waals surface area contributed by atoms with Crippen LogP contribution in [0.4, 0.5) is 0 Å². The van der Waals surface area contributed by atoms with Gasteiger partial charge in [-0.05, 0) is 66.2 Å². The number of hydrogen-bond donors (Lipinski definition) is 1. The Morgan fingerprint density at radius 3 is 1.18 bits per heavy atom. The van der Waals surface area contributed by atoms with Gasteiger partial charge >= 0.3 is 29.8 Å². The molecule has 348 valence electrons. The molecule has 2 saturated heterocycles. The van der Waals surface area contributed by atoms with E-state index in [1.54, 1.807) is 115 Å². The fraction of sp³-hybridized carbons (Fsp3) is 0.226. The summed E-state index contributed by atoms with van der Waals surface area (Å²) in [6.45, 7) is -0.978. The van der Waals surface area contributed by atoms with Gasteiger partial charge < -0.3 is 47.7 Å². The van der Waals surface area contributed by atoms with E-state index in [0.29, 0.717) is 0 Å². The molecule has 0 unspecified atom stereocenters. The first-order valence-corrected chi connectivity index (χ1v) is 21.7. The van der Waals surface area contributed by atoms with Crippen LogP contribution in [0, 0.1) is 0 Å². The summed E-state index contributed by atoms with van der Waals surface area (Å²) in [7, 11) is 0. The molecule has 6 aromatic carbocycles. The molecule has 2 fully saturated rings. The molecule has 2 aliphatic rings. The van der Waals surface area contributed by atoms with Crippen molar-refractivity contribution in [3.8, 4) is 0 Å². The van der Waals surface area contributed by atoms with Crippen LogP contribution < -0.4 is 0 Å². The van der Waals surface area contributed by atoms with Crippen LogP contribution in [-0.4, -0.2) is 103 Å². The number of carbonyl (C=O) groups is 5. The summed E-state index contributed by atoms with van der Waals surface area (Å²) in [4.78, 5) is 68.1. The first kappa shape index (κ1) is 47.0. The van der Waals surface area contributed by atoms with E-state index in [9.17, 15) is 29.1 Å². The largest absolute Gasteiger partial charge is 0.459 e. The minimum Gasteiger partial charge on any atom is -0.459 e. The van der Waals surface area contributed by atoms with Crippen LogP contribution in [0.25, 0.3) is 0 Å². The van der Waals surface area contributed by atoms with Crippen molar-refractivity contribution in [2.24, 2.45) is 0 Å². The van der Waals surface area contributed by atoms with Gasteiger partial charge in [-0.25, -0.2) is 24.0 Å². The SMILES string of the molecule is O=C(OC[C@H]1O[C@@H](OC[C@H]2O[C@H](O)[C@@H](OC(=O)c3ccccc3)[C@@H](OC(=O)c3ccccc3)[C@@H]2OC(=O)c2ccccc2)[C@@H](OCc2ccccc2)[C@@H]1OC(=O)c1ccccc1)c1ccccc1. The summed E-state index contributed by atoms with van der Waals surface area (Å²) < 4.78 is 55.0. The summed E-state index contributed by atoms with van der Waals surface area (Å²) in [5.74, 6) is -4.05. The van der Waals surface area contributed by atoms with Gasteiger partial charge in [0.15, 0.2) is 37.0 Å². The summed E-state index contributed by atoms with van der Waals surface area (Å²) in [6.07, 6.45) is -13.5. The van der Waals surface area contributed by atoms with Gasteiger partial charge in [0.25, 0.3) is 0 Å². The second-order valence-corrected chi connectivity index (χ2v) is 15.6. The number of aliphatic hydroxyl groups is 1. The van der Waals surface area contributed by atoms with Crippen LogP contribution in [0.2, 0.25) is 0 Å². The van der Waals surface area contributed by atoms with Crippen LogP contribution in [0.5, 0.6) is 0 Å². The normalized spacial score (nSPS) is 23.1. The minimum atomic E-state index is -1.98. The first-order chi connectivity index (χ1) is 33.2. The molecule has 68 heavy (non-hydrogen) atoms. The van der Waals surface area contributed by atoms with Crippen LogP contribution in [-0.2, 0) is 49.2 Å². The van der Waals surface area contributed by atoms with Crippen LogP contribution in [0.3, 0.4) is 0 Å². The maximum atomic E-state index is 13.9. The van der Waals surface area contributed by atoms with Crippen molar-refractivity contribution >= 4 is 29.8 Å². The highest BCUT2D eigenvalue weighted by Crippen LogP contribution is 2.34. The lowest BCUT2D eigenvalue weighted by molar-refractivity contribution is -0.296. The quantitative estimate of drug-likeness (QED) is 0.0743. The maximum Gasteiger partial charge on any atom is 0.338 e. The molecule has 2 heterocycles. The third-order valence-electron chi connectivity index (χ3n) is 11.0. The number of esters is 5. The average Bonchev–Trinajstić information content (AvgIpc) is 3.72. The molecule has 8 rings (SSSR count). The predicted molar refractivity (Wildman–Crippen MR) is 240 cm³/mol. The van der Waals surface area contributed by atoms with E-state index in [2.05, 4.69) is 0 Å². The van der Waals surface area contributed by atoms with Crippen molar-refractivity contribution in [3.63, 3.8) is 0 Å². The smallest absolute Gasteiger partial charge is 0.338 e. The number of hydrogen-bond acceptors (Lipinski definition) is 15.